The number of nitrogens with zero attached hydrogens (tertiary/aromatic N) is 1. The first kappa shape index (κ1) is 26.6. The molecule has 0 aliphatic carbocycles. The van der Waals surface area contributed by atoms with Gasteiger partial charge in [-0.3, -0.25) is 9.79 Å². The first-order chi connectivity index (χ1) is 13.2. The number of aliphatic imine (C=N–C) groups is 1. The van der Waals surface area contributed by atoms with E-state index in [9.17, 15) is 9.90 Å². The molecule has 0 heterocycles. The Morgan fingerprint density at radius 2 is 1.82 bits per heavy atom. The zero-order valence-electron chi connectivity index (χ0n) is 17.2. The van der Waals surface area contributed by atoms with Crippen LogP contribution in [-0.4, -0.2) is 49.9 Å². The maximum atomic E-state index is 11.3. The SMILES string of the molecule is CCNC(=NCC(CO)c1ccccc1)NCCCCCCC(=O)OCC.I. The number of hydrogen-bond acceptors (Lipinski definition) is 4. The van der Waals surface area contributed by atoms with Gasteiger partial charge < -0.3 is 20.5 Å². The van der Waals surface area contributed by atoms with Crippen LogP contribution in [0.2, 0.25) is 0 Å². The van der Waals surface area contributed by atoms with Crippen molar-refractivity contribution < 1.29 is 14.6 Å². The fraction of sp³-hybridized carbons (Fsp3) is 0.619. The van der Waals surface area contributed by atoms with E-state index in [1.807, 2.05) is 44.2 Å². The van der Waals surface area contributed by atoms with Gasteiger partial charge in [0.05, 0.1) is 19.8 Å². The van der Waals surface area contributed by atoms with Crippen LogP contribution in [0.4, 0.5) is 0 Å². The van der Waals surface area contributed by atoms with Crippen LogP contribution in [-0.2, 0) is 9.53 Å². The summed E-state index contributed by atoms with van der Waals surface area (Å²) in [5.41, 5.74) is 1.10. The van der Waals surface area contributed by atoms with Crippen LogP contribution in [0.15, 0.2) is 35.3 Å². The van der Waals surface area contributed by atoms with E-state index < -0.39 is 0 Å². The molecule has 0 aliphatic heterocycles. The van der Waals surface area contributed by atoms with Crippen molar-refractivity contribution in [3.63, 3.8) is 0 Å². The smallest absolute Gasteiger partial charge is 0.305 e. The lowest BCUT2D eigenvalue weighted by Crippen LogP contribution is -2.38. The number of rotatable bonds is 13. The van der Waals surface area contributed by atoms with Crippen molar-refractivity contribution in [3.8, 4) is 0 Å². The summed E-state index contributed by atoms with van der Waals surface area (Å²) < 4.78 is 4.92. The van der Waals surface area contributed by atoms with E-state index in [-0.39, 0.29) is 42.5 Å². The summed E-state index contributed by atoms with van der Waals surface area (Å²) in [6.45, 7) is 6.56. The molecule has 0 aliphatic rings. The number of ether oxygens (including phenoxy) is 1. The molecule has 0 spiro atoms. The quantitative estimate of drug-likeness (QED) is 0.126. The highest BCUT2D eigenvalue weighted by Crippen LogP contribution is 2.14. The maximum absolute atomic E-state index is 11.3. The zero-order chi connectivity index (χ0) is 19.7. The van der Waals surface area contributed by atoms with Crippen molar-refractivity contribution in [2.24, 2.45) is 4.99 Å². The largest absolute Gasteiger partial charge is 0.466 e. The number of guanidine groups is 1. The molecule has 0 amide bonds. The second-order valence-corrected chi connectivity index (χ2v) is 6.41. The Morgan fingerprint density at radius 1 is 1.11 bits per heavy atom. The summed E-state index contributed by atoms with van der Waals surface area (Å²) in [5, 5.41) is 16.2. The lowest BCUT2D eigenvalue weighted by molar-refractivity contribution is -0.143. The Kier molecular flexibility index (Phi) is 16.9. The van der Waals surface area contributed by atoms with Gasteiger partial charge in [0.2, 0.25) is 0 Å². The van der Waals surface area contributed by atoms with E-state index in [2.05, 4.69) is 15.6 Å². The first-order valence-electron chi connectivity index (χ1n) is 10.0. The molecule has 0 saturated heterocycles. The van der Waals surface area contributed by atoms with Gasteiger partial charge in [-0.05, 0) is 32.3 Å². The molecule has 0 bridgehead atoms. The molecule has 6 nitrogen and oxygen atoms in total. The van der Waals surface area contributed by atoms with Crippen molar-refractivity contribution in [1.29, 1.82) is 0 Å². The van der Waals surface area contributed by atoms with Crippen molar-refractivity contribution in [2.45, 2.75) is 51.9 Å². The average molecular weight is 505 g/mol. The summed E-state index contributed by atoms with van der Waals surface area (Å²) in [6, 6.07) is 9.97. The van der Waals surface area contributed by atoms with Crippen LogP contribution >= 0.6 is 24.0 Å². The summed E-state index contributed by atoms with van der Waals surface area (Å²) >= 11 is 0. The molecule has 1 atom stereocenters. The van der Waals surface area contributed by atoms with Crippen LogP contribution in [0.3, 0.4) is 0 Å². The highest BCUT2D eigenvalue weighted by atomic mass is 127. The van der Waals surface area contributed by atoms with Crippen molar-refractivity contribution in [2.75, 3.05) is 32.8 Å². The van der Waals surface area contributed by atoms with Crippen LogP contribution in [0.1, 0.15) is 57.4 Å². The lowest BCUT2D eigenvalue weighted by Gasteiger charge is -2.15. The van der Waals surface area contributed by atoms with Gasteiger partial charge in [-0.25, -0.2) is 0 Å². The molecule has 0 radical (unpaired) electrons. The molecule has 3 N–H and O–H groups in total. The molecule has 160 valence electrons. The molecular weight excluding hydrogens is 469 g/mol. The van der Waals surface area contributed by atoms with Gasteiger partial charge in [-0.2, -0.15) is 0 Å². The van der Waals surface area contributed by atoms with Gasteiger partial charge in [0.15, 0.2) is 5.96 Å². The number of halogens is 1. The van der Waals surface area contributed by atoms with Crippen LogP contribution < -0.4 is 10.6 Å². The number of aliphatic hydroxyl groups excluding tert-OH is 1. The third-order valence-corrected chi connectivity index (χ3v) is 4.21. The van der Waals surface area contributed by atoms with Gasteiger partial charge >= 0.3 is 5.97 Å². The summed E-state index contributed by atoms with van der Waals surface area (Å²) in [5.74, 6) is 0.678. The van der Waals surface area contributed by atoms with Crippen LogP contribution in [0.5, 0.6) is 0 Å². The number of carbonyl (C=O) groups is 1. The summed E-state index contributed by atoms with van der Waals surface area (Å²) in [6.07, 6.45) is 4.49. The summed E-state index contributed by atoms with van der Waals surface area (Å²) in [7, 11) is 0. The van der Waals surface area contributed by atoms with E-state index in [0.29, 0.717) is 19.6 Å². The van der Waals surface area contributed by atoms with Gasteiger partial charge in [-0.1, -0.05) is 43.2 Å². The van der Waals surface area contributed by atoms with Gasteiger partial charge in [-0.15, -0.1) is 24.0 Å². The Balaban J connectivity index is 0.00000729. The Hall–Kier alpha value is -1.35. The molecule has 1 aromatic rings. The zero-order valence-corrected chi connectivity index (χ0v) is 19.5. The molecule has 0 fully saturated rings. The number of esters is 1. The standard InChI is InChI=1S/C21H35N3O3.HI/c1-3-22-21(23-15-11-6-5-10-14-20(26)27-4-2)24-16-19(17-25)18-12-8-7-9-13-18;/h7-9,12-13,19,25H,3-6,10-11,14-17H2,1-2H3,(H2,22,23,24);1H. The number of benzene rings is 1. The molecule has 0 saturated carbocycles. The minimum Gasteiger partial charge on any atom is -0.466 e. The molecule has 7 heteroatoms. The normalized spacial score (nSPS) is 12.0. The van der Waals surface area contributed by atoms with E-state index in [0.717, 1.165) is 50.3 Å². The Labute approximate surface area is 186 Å². The molecule has 1 aromatic carbocycles. The van der Waals surface area contributed by atoms with Crippen molar-refractivity contribution in [1.82, 2.24) is 10.6 Å². The van der Waals surface area contributed by atoms with Gasteiger partial charge in [0, 0.05) is 25.4 Å². The predicted molar refractivity (Wildman–Crippen MR) is 125 cm³/mol. The van der Waals surface area contributed by atoms with E-state index in [4.69, 9.17) is 4.74 Å². The second-order valence-electron chi connectivity index (χ2n) is 6.41. The topological polar surface area (TPSA) is 83.0 Å². The molecular formula is C21H36IN3O3. The third-order valence-electron chi connectivity index (χ3n) is 4.21. The Bertz CT molecular complexity index is 541. The number of nitrogens with one attached hydrogen (secondary N) is 2. The Morgan fingerprint density at radius 3 is 2.46 bits per heavy atom. The second kappa shape index (κ2) is 17.7. The number of unbranched alkanes of at least 4 members (excludes halogenated alkanes) is 3. The predicted octanol–water partition coefficient (Wildman–Crippen LogP) is 3.45. The third kappa shape index (κ3) is 12.2. The first-order valence-corrected chi connectivity index (χ1v) is 10.0. The lowest BCUT2D eigenvalue weighted by atomic mass is 10.0. The average Bonchev–Trinajstić information content (AvgIpc) is 2.68. The van der Waals surface area contributed by atoms with Gasteiger partial charge in [0.1, 0.15) is 0 Å². The molecule has 0 aromatic heterocycles. The minimum atomic E-state index is -0.103. The maximum Gasteiger partial charge on any atom is 0.305 e. The van der Waals surface area contributed by atoms with Crippen molar-refractivity contribution >= 4 is 35.9 Å². The monoisotopic (exact) mass is 505 g/mol. The highest BCUT2D eigenvalue weighted by molar-refractivity contribution is 14.0. The summed E-state index contributed by atoms with van der Waals surface area (Å²) in [4.78, 5) is 15.9. The van der Waals surface area contributed by atoms with Crippen molar-refractivity contribution in [3.05, 3.63) is 35.9 Å². The van der Waals surface area contributed by atoms with Crippen LogP contribution in [0, 0.1) is 0 Å². The van der Waals surface area contributed by atoms with E-state index in [1.54, 1.807) is 0 Å². The molecule has 1 unspecified atom stereocenters. The molecule has 28 heavy (non-hydrogen) atoms. The number of hydrogen-bond donors (Lipinski definition) is 3. The van der Waals surface area contributed by atoms with Crippen LogP contribution in [0.25, 0.3) is 0 Å². The minimum absolute atomic E-state index is 0. The fourth-order valence-electron chi connectivity index (χ4n) is 2.72. The number of carbonyl (C=O) groups excluding carboxylic acids is 1. The highest BCUT2D eigenvalue weighted by Gasteiger charge is 2.09. The molecule has 1 rings (SSSR count). The van der Waals surface area contributed by atoms with Gasteiger partial charge in [0.25, 0.3) is 0 Å². The fourth-order valence-corrected chi connectivity index (χ4v) is 2.72. The van der Waals surface area contributed by atoms with E-state index >= 15 is 0 Å². The number of aliphatic hydroxyl groups is 1. The van der Waals surface area contributed by atoms with E-state index in [1.165, 1.54) is 0 Å².